The lowest BCUT2D eigenvalue weighted by Gasteiger charge is -2.41. The van der Waals surface area contributed by atoms with Gasteiger partial charge in [-0.1, -0.05) is 19.3 Å². The van der Waals surface area contributed by atoms with E-state index < -0.39 is 0 Å². The summed E-state index contributed by atoms with van der Waals surface area (Å²) in [6, 6.07) is 3.46. The van der Waals surface area contributed by atoms with Crippen LogP contribution in [0.5, 0.6) is 0 Å². The molecule has 2 atom stereocenters. The first-order valence-corrected chi connectivity index (χ1v) is 7.31. The molecule has 0 aromatic carbocycles. The van der Waals surface area contributed by atoms with Gasteiger partial charge in [0.1, 0.15) is 0 Å². The molecule has 2 heterocycles. The Bertz CT molecular complexity index is 223. The number of rotatable bonds is 2. The number of piperidine rings is 1. The Labute approximate surface area is 99.8 Å². The molecule has 0 unspecified atom stereocenters. The summed E-state index contributed by atoms with van der Waals surface area (Å²) in [5, 5.41) is 3.75. The summed E-state index contributed by atoms with van der Waals surface area (Å²) < 4.78 is 0. The number of hydrogen-bond donors (Lipinski definition) is 1. The largest absolute Gasteiger partial charge is 0.311 e. The molecule has 1 aliphatic carbocycles. The summed E-state index contributed by atoms with van der Waals surface area (Å²) in [7, 11) is 2.39. The minimum atomic E-state index is 0.842. The molecule has 2 saturated heterocycles. The van der Waals surface area contributed by atoms with Gasteiger partial charge in [0.15, 0.2) is 0 Å². The van der Waals surface area contributed by atoms with Gasteiger partial charge in [0.05, 0.1) is 0 Å². The molecule has 0 aromatic rings. The van der Waals surface area contributed by atoms with Crippen LogP contribution < -0.4 is 5.32 Å². The highest BCUT2D eigenvalue weighted by atomic mass is 15.2. The molecule has 1 N–H and O–H groups in total. The Kier molecular flexibility index (Phi) is 3.21. The summed E-state index contributed by atoms with van der Waals surface area (Å²) >= 11 is 0. The Morgan fingerprint density at radius 1 is 0.812 bits per heavy atom. The lowest BCUT2D eigenvalue weighted by Crippen LogP contribution is -2.50. The van der Waals surface area contributed by atoms with Gasteiger partial charge in [0.25, 0.3) is 0 Å². The normalized spacial score (nSPS) is 40.5. The third-order valence-electron chi connectivity index (χ3n) is 5.17. The molecule has 16 heavy (non-hydrogen) atoms. The van der Waals surface area contributed by atoms with Gasteiger partial charge in [-0.15, -0.1) is 0 Å². The molecule has 92 valence electrons. The van der Waals surface area contributed by atoms with Gasteiger partial charge in [-0.3, -0.25) is 0 Å². The van der Waals surface area contributed by atoms with Crippen LogP contribution in [0.3, 0.4) is 0 Å². The van der Waals surface area contributed by atoms with Gasteiger partial charge >= 0.3 is 0 Å². The van der Waals surface area contributed by atoms with Crippen LogP contribution in [-0.4, -0.2) is 36.1 Å². The van der Waals surface area contributed by atoms with E-state index in [0.29, 0.717) is 0 Å². The van der Waals surface area contributed by atoms with Crippen molar-refractivity contribution in [2.45, 2.75) is 82.0 Å². The summed E-state index contributed by atoms with van der Waals surface area (Å²) in [6.45, 7) is 0. The second-order valence-electron chi connectivity index (χ2n) is 6.22. The van der Waals surface area contributed by atoms with Crippen molar-refractivity contribution in [3.63, 3.8) is 0 Å². The Morgan fingerprint density at radius 2 is 1.44 bits per heavy atom. The molecule has 3 aliphatic rings. The molecule has 0 radical (unpaired) electrons. The van der Waals surface area contributed by atoms with Crippen LogP contribution in [-0.2, 0) is 0 Å². The number of fused-ring (bicyclic) bond motifs is 2. The second-order valence-corrected chi connectivity index (χ2v) is 6.22. The maximum atomic E-state index is 3.75. The Hall–Kier alpha value is -0.0800. The third-order valence-corrected chi connectivity index (χ3v) is 5.17. The standard InChI is InChI=1S/C14H26N2/c1-16(13-5-3-2-4-6-13)14-9-11-7-8-12(10-14)15-11/h11-15H,2-10H2,1H3/t11-,12-/m0/s1. The van der Waals surface area contributed by atoms with Gasteiger partial charge < -0.3 is 10.2 Å². The molecular formula is C14H26N2. The van der Waals surface area contributed by atoms with E-state index in [1.54, 1.807) is 0 Å². The fourth-order valence-electron chi connectivity index (χ4n) is 4.15. The summed E-state index contributed by atoms with van der Waals surface area (Å²) in [5.41, 5.74) is 0. The first-order valence-electron chi connectivity index (χ1n) is 7.31. The molecule has 3 fully saturated rings. The maximum absolute atomic E-state index is 3.75. The van der Waals surface area contributed by atoms with Crippen molar-refractivity contribution in [1.82, 2.24) is 10.2 Å². The lowest BCUT2D eigenvalue weighted by atomic mass is 9.90. The van der Waals surface area contributed by atoms with Crippen LogP contribution in [0, 0.1) is 0 Å². The minimum Gasteiger partial charge on any atom is -0.311 e. The topological polar surface area (TPSA) is 15.3 Å². The molecule has 2 nitrogen and oxygen atoms in total. The highest BCUT2D eigenvalue weighted by Crippen LogP contribution is 2.32. The van der Waals surface area contributed by atoms with Crippen molar-refractivity contribution in [2.75, 3.05) is 7.05 Å². The highest BCUT2D eigenvalue weighted by Gasteiger charge is 2.36. The molecule has 2 aliphatic heterocycles. The number of hydrogen-bond acceptors (Lipinski definition) is 2. The fourth-order valence-corrected chi connectivity index (χ4v) is 4.15. The second kappa shape index (κ2) is 4.66. The van der Waals surface area contributed by atoms with Gasteiger partial charge in [0.2, 0.25) is 0 Å². The average Bonchev–Trinajstić information content (AvgIpc) is 2.68. The summed E-state index contributed by atoms with van der Waals surface area (Å²) in [6.07, 6.45) is 13.0. The molecule has 2 heteroatoms. The van der Waals surface area contributed by atoms with E-state index in [9.17, 15) is 0 Å². The monoisotopic (exact) mass is 222 g/mol. The van der Waals surface area contributed by atoms with E-state index in [-0.39, 0.29) is 0 Å². The van der Waals surface area contributed by atoms with Crippen molar-refractivity contribution >= 4 is 0 Å². The van der Waals surface area contributed by atoms with E-state index in [4.69, 9.17) is 0 Å². The molecule has 0 spiro atoms. The fraction of sp³-hybridized carbons (Fsp3) is 1.00. The molecule has 0 amide bonds. The zero-order chi connectivity index (χ0) is 11.0. The van der Waals surface area contributed by atoms with Crippen LogP contribution in [0.15, 0.2) is 0 Å². The molecule has 1 saturated carbocycles. The molecular weight excluding hydrogens is 196 g/mol. The van der Waals surface area contributed by atoms with E-state index in [1.165, 1.54) is 57.8 Å². The Balaban J connectivity index is 1.59. The van der Waals surface area contributed by atoms with Crippen molar-refractivity contribution in [3.05, 3.63) is 0 Å². The van der Waals surface area contributed by atoms with Crippen LogP contribution in [0.1, 0.15) is 57.8 Å². The SMILES string of the molecule is CN(C1CCCCC1)C1C[C@@H]2CC[C@@H](C1)N2. The van der Waals surface area contributed by atoms with Gasteiger partial charge in [-0.25, -0.2) is 0 Å². The summed E-state index contributed by atoms with van der Waals surface area (Å²) in [4.78, 5) is 2.74. The third kappa shape index (κ3) is 2.14. The molecule has 2 bridgehead atoms. The summed E-state index contributed by atoms with van der Waals surface area (Å²) in [5.74, 6) is 0. The first kappa shape index (κ1) is 11.0. The van der Waals surface area contributed by atoms with Crippen molar-refractivity contribution in [1.29, 1.82) is 0 Å². The van der Waals surface area contributed by atoms with Gasteiger partial charge in [-0.05, 0) is 45.6 Å². The van der Waals surface area contributed by atoms with E-state index >= 15 is 0 Å². The van der Waals surface area contributed by atoms with Crippen LogP contribution in [0.4, 0.5) is 0 Å². The zero-order valence-electron chi connectivity index (χ0n) is 10.6. The molecule has 0 aromatic heterocycles. The smallest absolute Gasteiger partial charge is 0.0125 e. The minimum absolute atomic E-state index is 0.842. The van der Waals surface area contributed by atoms with Gasteiger partial charge in [0, 0.05) is 24.2 Å². The van der Waals surface area contributed by atoms with E-state index in [1.807, 2.05) is 0 Å². The highest BCUT2D eigenvalue weighted by molar-refractivity contribution is 4.96. The van der Waals surface area contributed by atoms with Crippen LogP contribution in [0.25, 0.3) is 0 Å². The van der Waals surface area contributed by atoms with Crippen molar-refractivity contribution in [3.8, 4) is 0 Å². The van der Waals surface area contributed by atoms with Crippen molar-refractivity contribution < 1.29 is 0 Å². The van der Waals surface area contributed by atoms with Crippen molar-refractivity contribution in [2.24, 2.45) is 0 Å². The van der Waals surface area contributed by atoms with Crippen LogP contribution in [0.2, 0.25) is 0 Å². The Morgan fingerprint density at radius 3 is 2.06 bits per heavy atom. The maximum Gasteiger partial charge on any atom is 0.0125 e. The predicted octanol–water partition coefficient (Wildman–Crippen LogP) is 2.53. The average molecular weight is 222 g/mol. The number of nitrogens with one attached hydrogen (secondary N) is 1. The number of nitrogens with zero attached hydrogens (tertiary/aromatic N) is 1. The predicted molar refractivity (Wildman–Crippen MR) is 67.6 cm³/mol. The van der Waals surface area contributed by atoms with Gasteiger partial charge in [-0.2, -0.15) is 0 Å². The quantitative estimate of drug-likeness (QED) is 0.772. The first-order chi connectivity index (χ1) is 7.83. The zero-order valence-corrected chi connectivity index (χ0v) is 10.6. The van der Waals surface area contributed by atoms with Crippen LogP contribution >= 0.6 is 0 Å². The van der Waals surface area contributed by atoms with E-state index in [0.717, 1.165) is 24.2 Å². The molecule has 3 rings (SSSR count). The lowest BCUT2D eigenvalue weighted by molar-refractivity contribution is 0.101. The van der Waals surface area contributed by atoms with E-state index in [2.05, 4.69) is 17.3 Å².